The first kappa shape index (κ1) is 35.6. The normalized spacial score (nSPS) is 17.0. The van der Waals surface area contributed by atoms with Crippen molar-refractivity contribution < 1.29 is 4.99 Å². The molecule has 1 aliphatic heterocycles. The van der Waals surface area contributed by atoms with E-state index in [9.17, 15) is 0 Å². The zero-order valence-corrected chi connectivity index (χ0v) is 34.4. The van der Waals surface area contributed by atoms with Crippen molar-refractivity contribution in [2.24, 2.45) is 4.99 Å². The molecular formula is C57H45N4+. The highest BCUT2D eigenvalue weighted by molar-refractivity contribution is 6.13. The first-order chi connectivity index (χ1) is 30.0. The number of aryl methyl sites for hydroxylation is 1. The topological polar surface area (TPSA) is 43.3 Å². The maximum Gasteiger partial charge on any atom is 0.283 e. The average Bonchev–Trinajstić information content (AvgIpc) is 3.90. The van der Waals surface area contributed by atoms with Crippen molar-refractivity contribution in [3.63, 3.8) is 0 Å². The molecule has 4 nitrogen and oxygen atoms in total. The van der Waals surface area contributed by atoms with E-state index in [-0.39, 0.29) is 11.6 Å². The molecule has 4 heteroatoms. The van der Waals surface area contributed by atoms with E-state index in [4.69, 9.17) is 4.99 Å². The Bertz CT molecular complexity index is 3220. The van der Waals surface area contributed by atoms with Crippen LogP contribution in [0.25, 0.3) is 49.7 Å². The van der Waals surface area contributed by atoms with Gasteiger partial charge >= 0.3 is 0 Å². The van der Waals surface area contributed by atoms with E-state index >= 15 is 0 Å². The molecule has 0 saturated carbocycles. The van der Waals surface area contributed by atoms with Gasteiger partial charge in [-0.05, 0) is 124 Å². The minimum Gasteiger partial charge on any atom is -0.309 e. The summed E-state index contributed by atoms with van der Waals surface area (Å²) in [4.78, 5) is 9.14. The van der Waals surface area contributed by atoms with Gasteiger partial charge in [-0.15, -0.1) is 0 Å². The summed E-state index contributed by atoms with van der Waals surface area (Å²) < 4.78 is 2.37. The van der Waals surface area contributed by atoms with Crippen LogP contribution in [0.1, 0.15) is 76.9 Å². The maximum absolute atomic E-state index is 5.31. The van der Waals surface area contributed by atoms with Gasteiger partial charge in [-0.25, -0.2) is 10.3 Å². The van der Waals surface area contributed by atoms with E-state index in [1.165, 1.54) is 71.9 Å². The molecule has 1 aromatic heterocycles. The molecule has 0 saturated heterocycles. The summed E-state index contributed by atoms with van der Waals surface area (Å²) in [6.45, 7) is 4.76. The van der Waals surface area contributed by atoms with Crippen LogP contribution < -0.4 is 10.3 Å². The van der Waals surface area contributed by atoms with Crippen LogP contribution in [0.5, 0.6) is 0 Å². The third-order valence-electron chi connectivity index (χ3n) is 13.5. The second-order valence-electron chi connectivity index (χ2n) is 17.4. The first-order valence-electron chi connectivity index (χ1n) is 21.6. The number of fused-ring (bicyclic) bond motifs is 9. The van der Waals surface area contributed by atoms with Crippen molar-refractivity contribution in [2.75, 3.05) is 0 Å². The molecule has 0 amide bonds. The summed E-state index contributed by atoms with van der Waals surface area (Å²) in [6.07, 6.45) is 1.69. The molecule has 12 rings (SSSR count). The third kappa shape index (κ3) is 5.73. The van der Waals surface area contributed by atoms with E-state index in [1.807, 2.05) is 0 Å². The number of hydrogen-bond donors (Lipinski definition) is 2. The Kier molecular flexibility index (Phi) is 8.11. The van der Waals surface area contributed by atoms with E-state index in [0.29, 0.717) is 5.92 Å². The van der Waals surface area contributed by atoms with E-state index < -0.39 is 0 Å². The number of benzene rings is 8. The van der Waals surface area contributed by atoms with Gasteiger partial charge in [0.15, 0.2) is 0 Å². The van der Waals surface area contributed by atoms with Crippen molar-refractivity contribution in [3.05, 3.63) is 233 Å². The van der Waals surface area contributed by atoms with Gasteiger partial charge in [0.1, 0.15) is 0 Å². The molecule has 2 N–H and O–H groups in total. The van der Waals surface area contributed by atoms with Crippen LogP contribution >= 0.6 is 0 Å². The minimum absolute atomic E-state index is 0.0213. The summed E-state index contributed by atoms with van der Waals surface area (Å²) in [5, 5.41) is 6.22. The molecule has 9 aromatic rings. The fourth-order valence-corrected chi connectivity index (χ4v) is 10.6. The fraction of sp³-hybridized carbons (Fsp3) is 0.123. The molecule has 3 aliphatic rings. The molecular weight excluding hydrogens is 741 g/mol. The van der Waals surface area contributed by atoms with Crippen LogP contribution in [0.2, 0.25) is 0 Å². The lowest BCUT2D eigenvalue weighted by Gasteiger charge is -2.22. The van der Waals surface area contributed by atoms with Gasteiger partial charge in [0, 0.05) is 38.9 Å². The quantitative estimate of drug-likeness (QED) is 0.166. The predicted molar refractivity (Wildman–Crippen MR) is 251 cm³/mol. The standard InChI is InChI=1S/C57H44N4/c1-57(2)50-27-11-8-24-44(50)49-34-47-43(41-22-6-7-23-42(41)48(47)35-51(49)57)31-30-36-16-14-19-38(32-36)55-58-54(37-17-4-3-5-18-37)59-56(60-55)39-20-15-21-40(33-39)61-52-28-12-9-25-45(52)46-26-10-13-29-53(46)61/h3-29,32-35,43,56H,30-31H2,1-2H3,(H,58,59,60)/p+1. The molecule has 8 aromatic carbocycles. The molecule has 292 valence electrons. The molecule has 0 radical (unpaired) electrons. The molecule has 0 spiro atoms. The Morgan fingerprint density at radius 2 is 1.25 bits per heavy atom. The highest BCUT2D eigenvalue weighted by atomic mass is 15.2. The van der Waals surface area contributed by atoms with Crippen LogP contribution in [0.15, 0.2) is 193 Å². The van der Waals surface area contributed by atoms with Crippen LogP contribution in [0.4, 0.5) is 0 Å². The zero-order chi connectivity index (χ0) is 40.7. The SMILES string of the molecule is CC1(C)c2ccccc2-c2cc3c(cc21)-c1ccccc1C3CCc1cccc(C2=[NH+]C(c3cccc(-n4c5ccccc5c5ccccc54)c3)N=C(c3ccccc3)N2)c1. The monoisotopic (exact) mass is 785 g/mol. The number of nitrogens with zero attached hydrogens (tertiary/aromatic N) is 2. The molecule has 2 unspecified atom stereocenters. The van der Waals surface area contributed by atoms with Gasteiger partial charge in [0.05, 0.1) is 16.6 Å². The Morgan fingerprint density at radius 1 is 0.557 bits per heavy atom. The number of rotatable bonds is 7. The number of aromatic nitrogens is 1. The van der Waals surface area contributed by atoms with Gasteiger partial charge in [-0.2, -0.15) is 4.99 Å². The lowest BCUT2D eigenvalue weighted by Crippen LogP contribution is -2.80. The van der Waals surface area contributed by atoms with E-state index in [0.717, 1.165) is 46.9 Å². The first-order valence-corrected chi connectivity index (χ1v) is 21.6. The van der Waals surface area contributed by atoms with Crippen LogP contribution in [-0.2, 0) is 11.8 Å². The second kappa shape index (κ2) is 13.9. The summed E-state index contributed by atoms with van der Waals surface area (Å²) in [7, 11) is 0. The fourth-order valence-electron chi connectivity index (χ4n) is 10.6. The van der Waals surface area contributed by atoms with Gasteiger partial charge in [0.25, 0.3) is 5.84 Å². The molecule has 2 atom stereocenters. The number of amidine groups is 2. The van der Waals surface area contributed by atoms with Crippen molar-refractivity contribution in [1.29, 1.82) is 0 Å². The van der Waals surface area contributed by atoms with Crippen LogP contribution in [-0.4, -0.2) is 16.2 Å². The summed E-state index contributed by atoms with van der Waals surface area (Å²) in [5.74, 6) is 2.14. The predicted octanol–water partition coefficient (Wildman–Crippen LogP) is 11.4. The summed E-state index contributed by atoms with van der Waals surface area (Å²) in [6, 6.07) is 68.8. The van der Waals surface area contributed by atoms with Crippen LogP contribution in [0.3, 0.4) is 0 Å². The lowest BCUT2D eigenvalue weighted by atomic mass is 9.81. The molecule has 2 heterocycles. The van der Waals surface area contributed by atoms with Gasteiger partial charge in [-0.3, -0.25) is 0 Å². The van der Waals surface area contributed by atoms with Gasteiger partial charge in [-0.1, -0.05) is 141 Å². The zero-order valence-electron chi connectivity index (χ0n) is 34.4. The molecule has 0 fully saturated rings. The number of hydrogen-bond acceptors (Lipinski definition) is 2. The highest BCUT2D eigenvalue weighted by Gasteiger charge is 2.39. The third-order valence-corrected chi connectivity index (χ3v) is 13.5. The largest absolute Gasteiger partial charge is 0.309 e. The van der Waals surface area contributed by atoms with E-state index in [2.05, 4.69) is 217 Å². The van der Waals surface area contributed by atoms with Crippen molar-refractivity contribution in [3.8, 4) is 27.9 Å². The lowest BCUT2D eigenvalue weighted by molar-refractivity contribution is -0.510. The molecule has 2 aliphatic carbocycles. The van der Waals surface area contributed by atoms with Crippen molar-refractivity contribution in [1.82, 2.24) is 9.88 Å². The summed E-state index contributed by atoms with van der Waals surface area (Å²) >= 11 is 0. The van der Waals surface area contributed by atoms with Crippen LogP contribution in [0, 0.1) is 0 Å². The highest BCUT2D eigenvalue weighted by Crippen LogP contribution is 2.55. The van der Waals surface area contributed by atoms with Crippen molar-refractivity contribution >= 4 is 33.5 Å². The second-order valence-corrected chi connectivity index (χ2v) is 17.4. The smallest absolute Gasteiger partial charge is 0.283 e. The van der Waals surface area contributed by atoms with E-state index in [1.54, 1.807) is 0 Å². The van der Waals surface area contributed by atoms with Gasteiger partial charge < -0.3 is 4.57 Å². The maximum atomic E-state index is 5.31. The Balaban J connectivity index is 0.890. The number of para-hydroxylation sites is 2. The van der Waals surface area contributed by atoms with Crippen molar-refractivity contribution in [2.45, 2.75) is 44.2 Å². The Labute approximate surface area is 356 Å². The Morgan fingerprint density at radius 3 is 2.07 bits per heavy atom. The summed E-state index contributed by atoms with van der Waals surface area (Å²) in [5.41, 5.74) is 19.4. The Hall–Kier alpha value is -7.30. The minimum atomic E-state index is -0.300. The number of nitrogens with one attached hydrogen (secondary N) is 2. The average molecular weight is 786 g/mol. The number of aliphatic imine (C=N–C) groups is 1. The molecule has 0 bridgehead atoms. The molecule has 61 heavy (non-hydrogen) atoms. The van der Waals surface area contributed by atoms with Gasteiger partial charge in [0.2, 0.25) is 12.0 Å².